The molecule has 2 aromatic rings. The smallest absolute Gasteiger partial charge is 0.244 e. The topological polar surface area (TPSA) is 54.9 Å². The molecule has 0 aliphatic carbocycles. The van der Waals surface area contributed by atoms with E-state index in [1.165, 1.54) is 0 Å². The van der Waals surface area contributed by atoms with E-state index in [0.717, 1.165) is 30.0 Å². The van der Waals surface area contributed by atoms with Gasteiger partial charge in [0.05, 0.1) is 26.3 Å². The zero-order valence-electron chi connectivity index (χ0n) is 15.6. The van der Waals surface area contributed by atoms with Crippen LogP contribution in [0.4, 0.5) is 0 Å². The highest BCUT2D eigenvalue weighted by Gasteiger charge is 2.39. The zero-order chi connectivity index (χ0) is 18.6. The Bertz CT molecular complexity index is 771. The highest BCUT2D eigenvalue weighted by atomic mass is 16.5. The number of carbonyl (C=O) groups excluding carboxylic acids is 1. The number of aromatic nitrogens is 1. The lowest BCUT2D eigenvalue weighted by molar-refractivity contribution is -0.148. The van der Waals surface area contributed by atoms with Gasteiger partial charge in [0.1, 0.15) is 17.9 Å². The van der Waals surface area contributed by atoms with Gasteiger partial charge in [-0.2, -0.15) is 0 Å². The van der Waals surface area contributed by atoms with Crippen molar-refractivity contribution in [2.75, 3.05) is 39.4 Å². The summed E-state index contributed by atoms with van der Waals surface area (Å²) in [7, 11) is 0. The number of likely N-dealkylation sites (tertiary alicyclic amines) is 1. The highest BCUT2D eigenvalue weighted by molar-refractivity contribution is 5.84. The number of amides is 1. The summed E-state index contributed by atoms with van der Waals surface area (Å²) in [6, 6.07) is 11.5. The van der Waals surface area contributed by atoms with E-state index in [9.17, 15) is 4.79 Å². The standard InChI is InChI=1S/C21H25N3O3/c1-16-5-2-3-7-19(16)27-18-14-24(15-18)21(25)20(17-6-4-8-22-13-17)23-9-11-26-12-10-23/h2-8,13,18,20H,9-12,14-15H2,1H3. The lowest BCUT2D eigenvalue weighted by Crippen LogP contribution is -2.59. The molecule has 1 atom stereocenters. The first-order valence-electron chi connectivity index (χ1n) is 9.45. The number of morpholine rings is 1. The second kappa shape index (κ2) is 8.06. The van der Waals surface area contributed by atoms with Crippen LogP contribution in [0.1, 0.15) is 17.2 Å². The van der Waals surface area contributed by atoms with Gasteiger partial charge in [-0.15, -0.1) is 0 Å². The van der Waals surface area contributed by atoms with Gasteiger partial charge in [-0.25, -0.2) is 0 Å². The summed E-state index contributed by atoms with van der Waals surface area (Å²) < 4.78 is 11.5. The minimum Gasteiger partial charge on any atom is -0.486 e. The number of ether oxygens (including phenoxy) is 2. The van der Waals surface area contributed by atoms with Gasteiger partial charge >= 0.3 is 0 Å². The third kappa shape index (κ3) is 3.96. The van der Waals surface area contributed by atoms with Gasteiger partial charge in [0.2, 0.25) is 5.91 Å². The van der Waals surface area contributed by atoms with Crippen LogP contribution >= 0.6 is 0 Å². The lowest BCUT2D eigenvalue weighted by atomic mass is 10.0. The predicted molar refractivity (Wildman–Crippen MR) is 102 cm³/mol. The molecule has 1 unspecified atom stereocenters. The van der Waals surface area contributed by atoms with Crippen LogP contribution in [0.3, 0.4) is 0 Å². The van der Waals surface area contributed by atoms with Gasteiger partial charge in [-0.3, -0.25) is 14.7 Å². The Morgan fingerprint density at radius 3 is 2.67 bits per heavy atom. The molecule has 0 N–H and O–H groups in total. The number of aryl methyl sites for hydroxylation is 1. The predicted octanol–water partition coefficient (Wildman–Crippen LogP) is 2.05. The first kappa shape index (κ1) is 17.9. The number of pyridine rings is 1. The van der Waals surface area contributed by atoms with Crippen LogP contribution in [0.5, 0.6) is 5.75 Å². The van der Waals surface area contributed by atoms with Crippen molar-refractivity contribution < 1.29 is 14.3 Å². The number of rotatable bonds is 5. The van der Waals surface area contributed by atoms with Crippen LogP contribution in [0.2, 0.25) is 0 Å². The quantitative estimate of drug-likeness (QED) is 0.810. The van der Waals surface area contributed by atoms with Crippen molar-refractivity contribution in [1.82, 2.24) is 14.8 Å². The largest absolute Gasteiger partial charge is 0.486 e. The molecule has 1 amide bonds. The van der Waals surface area contributed by atoms with E-state index in [2.05, 4.69) is 9.88 Å². The molecule has 0 radical (unpaired) electrons. The fourth-order valence-corrected chi connectivity index (χ4v) is 3.62. The van der Waals surface area contributed by atoms with Crippen molar-refractivity contribution in [2.45, 2.75) is 19.1 Å². The normalized spacial score (nSPS) is 19.4. The van der Waals surface area contributed by atoms with Gasteiger partial charge in [0, 0.05) is 25.5 Å². The van der Waals surface area contributed by atoms with E-state index in [-0.39, 0.29) is 18.1 Å². The second-order valence-electron chi connectivity index (χ2n) is 7.09. The number of benzene rings is 1. The van der Waals surface area contributed by atoms with Gasteiger partial charge in [-0.1, -0.05) is 24.3 Å². The maximum absolute atomic E-state index is 13.3. The van der Waals surface area contributed by atoms with Crippen molar-refractivity contribution in [3.05, 3.63) is 59.9 Å². The van der Waals surface area contributed by atoms with Crippen molar-refractivity contribution in [2.24, 2.45) is 0 Å². The fraction of sp³-hybridized carbons (Fsp3) is 0.429. The van der Waals surface area contributed by atoms with Crippen molar-refractivity contribution in [3.8, 4) is 5.75 Å². The summed E-state index contributed by atoms with van der Waals surface area (Å²) in [5, 5.41) is 0. The Balaban J connectivity index is 1.43. The summed E-state index contributed by atoms with van der Waals surface area (Å²) in [4.78, 5) is 21.5. The Morgan fingerprint density at radius 1 is 1.19 bits per heavy atom. The summed E-state index contributed by atoms with van der Waals surface area (Å²) in [6.07, 6.45) is 3.58. The number of hydrogen-bond donors (Lipinski definition) is 0. The maximum Gasteiger partial charge on any atom is 0.244 e. The van der Waals surface area contributed by atoms with E-state index < -0.39 is 0 Å². The highest BCUT2D eigenvalue weighted by Crippen LogP contribution is 2.28. The maximum atomic E-state index is 13.3. The fourth-order valence-electron chi connectivity index (χ4n) is 3.62. The van der Waals surface area contributed by atoms with Crippen LogP contribution < -0.4 is 4.74 Å². The molecule has 2 saturated heterocycles. The number of para-hydroxylation sites is 1. The molecule has 2 fully saturated rings. The van der Waals surface area contributed by atoms with Gasteiger partial charge in [0.15, 0.2) is 0 Å². The number of hydrogen-bond acceptors (Lipinski definition) is 5. The Hall–Kier alpha value is -2.44. The van der Waals surface area contributed by atoms with Crippen LogP contribution in [-0.2, 0) is 9.53 Å². The van der Waals surface area contributed by atoms with Crippen LogP contribution in [0.25, 0.3) is 0 Å². The molecule has 1 aromatic heterocycles. The molecule has 0 spiro atoms. The SMILES string of the molecule is Cc1ccccc1OC1CN(C(=O)C(c2cccnc2)N2CCOCC2)C1. The molecule has 4 rings (SSSR count). The van der Waals surface area contributed by atoms with E-state index in [4.69, 9.17) is 9.47 Å². The molecule has 0 saturated carbocycles. The van der Waals surface area contributed by atoms with Crippen molar-refractivity contribution in [3.63, 3.8) is 0 Å². The first-order chi connectivity index (χ1) is 13.2. The molecular weight excluding hydrogens is 342 g/mol. The van der Waals surface area contributed by atoms with Crippen LogP contribution in [-0.4, -0.2) is 66.2 Å². The van der Waals surface area contributed by atoms with E-state index >= 15 is 0 Å². The summed E-state index contributed by atoms with van der Waals surface area (Å²) >= 11 is 0. The molecule has 1 aromatic carbocycles. The van der Waals surface area contributed by atoms with Gasteiger partial charge < -0.3 is 14.4 Å². The Kier molecular flexibility index (Phi) is 5.36. The molecule has 2 aliphatic rings. The number of nitrogens with zero attached hydrogens (tertiary/aromatic N) is 3. The number of carbonyl (C=O) groups is 1. The molecule has 27 heavy (non-hydrogen) atoms. The van der Waals surface area contributed by atoms with E-state index in [0.29, 0.717) is 26.3 Å². The zero-order valence-corrected chi connectivity index (χ0v) is 15.6. The van der Waals surface area contributed by atoms with Crippen molar-refractivity contribution in [1.29, 1.82) is 0 Å². The minimum atomic E-state index is -0.304. The van der Waals surface area contributed by atoms with Crippen LogP contribution in [0.15, 0.2) is 48.8 Å². The Labute approximate surface area is 159 Å². The average molecular weight is 367 g/mol. The molecule has 6 heteroatoms. The summed E-state index contributed by atoms with van der Waals surface area (Å²) in [5.74, 6) is 1.01. The molecular formula is C21H25N3O3. The lowest BCUT2D eigenvalue weighted by Gasteiger charge is -2.43. The molecule has 0 bridgehead atoms. The molecule has 2 aliphatic heterocycles. The van der Waals surface area contributed by atoms with E-state index in [1.54, 1.807) is 12.4 Å². The first-order valence-corrected chi connectivity index (χ1v) is 9.45. The van der Waals surface area contributed by atoms with E-state index in [1.807, 2.05) is 48.2 Å². The Morgan fingerprint density at radius 2 is 1.96 bits per heavy atom. The summed E-state index contributed by atoms with van der Waals surface area (Å²) in [5.41, 5.74) is 2.05. The molecule has 3 heterocycles. The summed E-state index contributed by atoms with van der Waals surface area (Å²) in [6.45, 7) is 6.09. The average Bonchev–Trinajstić information content (AvgIpc) is 2.67. The van der Waals surface area contributed by atoms with Crippen LogP contribution in [0, 0.1) is 6.92 Å². The monoisotopic (exact) mass is 367 g/mol. The van der Waals surface area contributed by atoms with Crippen molar-refractivity contribution >= 4 is 5.91 Å². The second-order valence-corrected chi connectivity index (χ2v) is 7.09. The molecule has 6 nitrogen and oxygen atoms in total. The molecule has 142 valence electrons. The third-order valence-electron chi connectivity index (χ3n) is 5.19. The van der Waals surface area contributed by atoms with Gasteiger partial charge in [-0.05, 0) is 30.2 Å². The minimum absolute atomic E-state index is 0.0503. The van der Waals surface area contributed by atoms with Gasteiger partial charge in [0.25, 0.3) is 0 Å². The third-order valence-corrected chi connectivity index (χ3v) is 5.19.